The fraction of sp³-hybridized carbons (Fsp3) is 0.846. The molecule has 2 bridgehead atoms. The molecule has 3 unspecified atom stereocenters. The molecule has 94 valence electrons. The van der Waals surface area contributed by atoms with Crippen LogP contribution in [0.4, 0.5) is 0 Å². The van der Waals surface area contributed by atoms with E-state index in [1.807, 2.05) is 0 Å². The fourth-order valence-corrected chi connectivity index (χ4v) is 3.66. The topological polar surface area (TPSA) is 0 Å². The van der Waals surface area contributed by atoms with E-state index in [2.05, 4.69) is 33.8 Å². The Morgan fingerprint density at radius 2 is 2.06 bits per heavy atom. The van der Waals surface area contributed by atoms with Crippen LogP contribution in [-0.2, 0) is 0 Å². The van der Waals surface area contributed by atoms with Crippen LogP contribution in [0.1, 0.15) is 27.7 Å². The van der Waals surface area contributed by atoms with E-state index in [9.17, 15) is 0 Å². The maximum atomic E-state index is 6.19. The third kappa shape index (κ3) is 2.02. The highest BCUT2D eigenvalue weighted by Crippen LogP contribution is 2.47. The molecule has 0 amide bonds. The quantitative estimate of drug-likeness (QED) is 0.276. The first-order chi connectivity index (χ1) is 6.91. The molecule has 16 heavy (non-hydrogen) atoms. The molecule has 2 heterocycles. The minimum Gasteiger partial charge on any atom is -1.00 e. The Kier molecular flexibility index (Phi) is 4.04. The van der Waals surface area contributed by atoms with Crippen molar-refractivity contribution in [2.75, 3.05) is 25.6 Å². The summed E-state index contributed by atoms with van der Waals surface area (Å²) >= 11 is 6.19. The predicted molar refractivity (Wildman–Crippen MR) is 65.8 cm³/mol. The lowest BCUT2D eigenvalue weighted by molar-refractivity contribution is -0.928. The Labute approximate surface area is 111 Å². The molecule has 1 fully saturated rings. The van der Waals surface area contributed by atoms with Gasteiger partial charge in [0.1, 0.15) is 0 Å². The minimum atomic E-state index is 0. The van der Waals surface area contributed by atoms with Gasteiger partial charge >= 0.3 is 0 Å². The summed E-state index contributed by atoms with van der Waals surface area (Å²) in [7, 11) is 0. The Bertz CT molecular complexity index is 298. The summed E-state index contributed by atoms with van der Waals surface area (Å²) in [6, 6.07) is 0.778. The van der Waals surface area contributed by atoms with Crippen LogP contribution in [0.3, 0.4) is 0 Å². The second-order valence-corrected chi connectivity index (χ2v) is 6.47. The van der Waals surface area contributed by atoms with E-state index < -0.39 is 0 Å². The number of piperidine rings is 1. The molecule has 0 spiro atoms. The van der Waals surface area contributed by atoms with Crippen LogP contribution < -0.4 is 12.4 Å². The molecule has 0 aromatic carbocycles. The number of fused-ring (bicyclic) bond motifs is 2. The average Bonchev–Trinajstić information content (AvgIpc) is 2.19. The van der Waals surface area contributed by atoms with E-state index >= 15 is 0 Å². The molecule has 2 aliphatic heterocycles. The molecule has 1 nitrogen and oxygen atoms in total. The van der Waals surface area contributed by atoms with Gasteiger partial charge in [0.2, 0.25) is 0 Å². The van der Waals surface area contributed by atoms with Gasteiger partial charge in [0.25, 0.3) is 0 Å². The molecule has 0 N–H and O–H groups in total. The SMILES string of the molecule is CC1=CC[N+]2(CCl)CC(C)C(C)(C)C1C2.[Cl-]. The smallest absolute Gasteiger partial charge is 0.155 e. The summed E-state index contributed by atoms with van der Waals surface area (Å²) in [5.74, 6) is 1.49. The molecule has 0 aromatic heterocycles. The zero-order chi connectivity index (χ0) is 11.3. The van der Waals surface area contributed by atoms with E-state index in [1.165, 1.54) is 13.1 Å². The molecule has 0 aromatic rings. The summed E-state index contributed by atoms with van der Waals surface area (Å²) in [4.78, 5) is 0. The van der Waals surface area contributed by atoms with Gasteiger partial charge in [-0.05, 0) is 18.4 Å². The Hall–Kier alpha value is 0.280. The van der Waals surface area contributed by atoms with Gasteiger partial charge in [0, 0.05) is 11.8 Å². The molecule has 3 heteroatoms. The lowest BCUT2D eigenvalue weighted by Gasteiger charge is -2.55. The van der Waals surface area contributed by atoms with Crippen molar-refractivity contribution in [1.82, 2.24) is 0 Å². The van der Waals surface area contributed by atoms with Crippen LogP contribution in [0.2, 0.25) is 0 Å². The van der Waals surface area contributed by atoms with Crippen molar-refractivity contribution in [3.63, 3.8) is 0 Å². The highest BCUT2D eigenvalue weighted by molar-refractivity contribution is 6.17. The van der Waals surface area contributed by atoms with E-state index in [1.54, 1.807) is 5.57 Å². The number of nitrogens with zero attached hydrogens (tertiary/aromatic N) is 1. The molecule has 3 atom stereocenters. The van der Waals surface area contributed by atoms with Gasteiger partial charge in [0.05, 0.1) is 19.6 Å². The van der Waals surface area contributed by atoms with Crippen LogP contribution >= 0.6 is 11.6 Å². The van der Waals surface area contributed by atoms with Crippen molar-refractivity contribution in [3.05, 3.63) is 11.6 Å². The van der Waals surface area contributed by atoms with Crippen molar-refractivity contribution >= 4 is 11.6 Å². The molecular weight excluding hydrogens is 241 g/mol. The number of alkyl halides is 1. The summed E-state index contributed by atoms with van der Waals surface area (Å²) in [6.07, 6.45) is 2.42. The maximum Gasteiger partial charge on any atom is 0.155 e. The zero-order valence-electron chi connectivity index (χ0n) is 10.8. The van der Waals surface area contributed by atoms with Crippen molar-refractivity contribution in [2.24, 2.45) is 17.3 Å². The largest absolute Gasteiger partial charge is 1.00 e. The van der Waals surface area contributed by atoms with Crippen molar-refractivity contribution in [3.8, 4) is 0 Å². The third-order valence-corrected chi connectivity index (χ3v) is 5.51. The molecule has 0 radical (unpaired) electrons. The summed E-state index contributed by atoms with van der Waals surface area (Å²) in [6.45, 7) is 13.2. The second-order valence-electron chi connectivity index (χ2n) is 6.23. The molecular formula is C13H23Cl2N. The molecule has 1 saturated heterocycles. The van der Waals surface area contributed by atoms with E-state index in [4.69, 9.17) is 11.6 Å². The number of halogens is 2. The van der Waals surface area contributed by atoms with Crippen molar-refractivity contribution in [1.29, 1.82) is 0 Å². The first-order valence-electron chi connectivity index (χ1n) is 5.99. The monoisotopic (exact) mass is 263 g/mol. The number of quaternary nitrogens is 1. The Morgan fingerprint density at radius 3 is 2.62 bits per heavy atom. The first-order valence-corrected chi connectivity index (χ1v) is 6.52. The molecule has 0 saturated carbocycles. The van der Waals surface area contributed by atoms with Gasteiger partial charge in [-0.2, -0.15) is 0 Å². The zero-order valence-corrected chi connectivity index (χ0v) is 12.3. The van der Waals surface area contributed by atoms with Gasteiger partial charge < -0.3 is 16.9 Å². The molecule has 2 rings (SSSR count). The number of rotatable bonds is 1. The van der Waals surface area contributed by atoms with Gasteiger partial charge in [-0.25, -0.2) is 0 Å². The first kappa shape index (κ1) is 14.3. The lowest BCUT2D eigenvalue weighted by Crippen LogP contribution is -3.00. The Morgan fingerprint density at radius 1 is 1.44 bits per heavy atom. The fourth-order valence-electron chi connectivity index (χ4n) is 3.36. The predicted octanol–water partition coefficient (Wildman–Crippen LogP) is 0.256. The maximum absolute atomic E-state index is 6.19. The third-order valence-electron chi connectivity index (χ3n) is 5.00. The standard InChI is InChI=1S/C13H23ClN.ClH/c1-10-5-6-15(9-14)7-11(2)13(3,4)12(10)8-15;/h5,11-12H,6-9H2,1-4H3;1H/q+1;/p-1. The second kappa shape index (κ2) is 4.51. The number of hydrogen-bond donors (Lipinski definition) is 0. The Balaban J connectivity index is 0.00000128. The summed E-state index contributed by atoms with van der Waals surface area (Å²) < 4.78 is 1.11. The number of hydrogen-bond acceptors (Lipinski definition) is 0. The normalized spacial score (nSPS) is 40.9. The van der Waals surface area contributed by atoms with E-state index in [0.717, 1.165) is 28.9 Å². The van der Waals surface area contributed by atoms with E-state index in [0.29, 0.717) is 5.41 Å². The van der Waals surface area contributed by atoms with Crippen LogP contribution in [0.15, 0.2) is 11.6 Å². The van der Waals surface area contributed by atoms with Crippen LogP contribution in [0.25, 0.3) is 0 Å². The lowest BCUT2D eigenvalue weighted by atomic mass is 9.63. The summed E-state index contributed by atoms with van der Waals surface area (Å²) in [5, 5.41) is 0. The van der Waals surface area contributed by atoms with Crippen LogP contribution in [0, 0.1) is 17.3 Å². The highest BCUT2D eigenvalue weighted by atomic mass is 35.5. The van der Waals surface area contributed by atoms with Gasteiger partial charge in [-0.3, -0.25) is 0 Å². The minimum absolute atomic E-state index is 0. The van der Waals surface area contributed by atoms with Crippen LogP contribution in [0.5, 0.6) is 0 Å². The molecule has 0 aliphatic carbocycles. The van der Waals surface area contributed by atoms with E-state index in [-0.39, 0.29) is 12.4 Å². The van der Waals surface area contributed by atoms with Gasteiger partial charge in [0.15, 0.2) is 6.00 Å². The molecule has 2 aliphatic rings. The highest BCUT2D eigenvalue weighted by Gasteiger charge is 2.50. The van der Waals surface area contributed by atoms with Crippen molar-refractivity contribution in [2.45, 2.75) is 27.7 Å². The average molecular weight is 264 g/mol. The van der Waals surface area contributed by atoms with Crippen LogP contribution in [-0.4, -0.2) is 30.1 Å². The van der Waals surface area contributed by atoms with Crippen molar-refractivity contribution < 1.29 is 16.9 Å². The van der Waals surface area contributed by atoms with Gasteiger partial charge in [-0.1, -0.05) is 37.9 Å². The summed E-state index contributed by atoms with van der Waals surface area (Å²) in [5.41, 5.74) is 2.03. The van der Waals surface area contributed by atoms with Gasteiger partial charge in [-0.15, -0.1) is 0 Å².